The van der Waals surface area contributed by atoms with Gasteiger partial charge in [-0.1, -0.05) is 19.0 Å². The molecular formula is C7H9N3O. The fourth-order valence-corrected chi connectivity index (χ4v) is 0.822. The van der Waals surface area contributed by atoms with E-state index in [0.717, 1.165) is 0 Å². The maximum atomic E-state index is 8.61. The number of aromatic nitrogens is 1. The first-order valence-corrected chi connectivity index (χ1v) is 3.32. The van der Waals surface area contributed by atoms with Crippen molar-refractivity contribution in [2.45, 2.75) is 19.8 Å². The second-order valence-corrected chi connectivity index (χ2v) is 2.57. The molecule has 58 valence electrons. The van der Waals surface area contributed by atoms with E-state index in [1.165, 1.54) is 0 Å². The summed E-state index contributed by atoms with van der Waals surface area (Å²) in [6.07, 6.45) is 0. The zero-order chi connectivity index (χ0) is 8.43. The summed E-state index contributed by atoms with van der Waals surface area (Å²) in [5.41, 5.74) is 6.33. The topological polar surface area (TPSA) is 75.8 Å². The lowest BCUT2D eigenvalue weighted by Gasteiger charge is -1.95. The first kappa shape index (κ1) is 7.61. The van der Waals surface area contributed by atoms with Crippen LogP contribution in [-0.4, -0.2) is 5.16 Å². The first-order valence-electron chi connectivity index (χ1n) is 3.32. The van der Waals surface area contributed by atoms with E-state index in [9.17, 15) is 0 Å². The predicted octanol–water partition coefficient (Wildman–Crippen LogP) is 1.25. The van der Waals surface area contributed by atoms with Crippen LogP contribution in [0.25, 0.3) is 0 Å². The maximum Gasteiger partial charge on any atom is 0.240 e. The molecule has 1 heterocycles. The minimum atomic E-state index is 0.108. The van der Waals surface area contributed by atoms with Gasteiger partial charge in [-0.3, -0.25) is 0 Å². The number of nitrogen functional groups attached to an aromatic ring is 1. The molecule has 0 saturated heterocycles. The number of nitrogens with zero attached hydrogens (tertiary/aromatic N) is 2. The standard InChI is InChI=1S/C7H9N3O/c1-4(2)6-5(3-8)7(9)11-10-6/h4H,9H2,1-2H3. The van der Waals surface area contributed by atoms with E-state index in [-0.39, 0.29) is 11.8 Å². The monoisotopic (exact) mass is 151 g/mol. The summed E-state index contributed by atoms with van der Waals surface area (Å²) in [5, 5.41) is 12.3. The number of hydrogen-bond acceptors (Lipinski definition) is 4. The third-order valence-corrected chi connectivity index (χ3v) is 1.40. The molecular weight excluding hydrogens is 142 g/mol. The zero-order valence-electron chi connectivity index (χ0n) is 6.46. The Labute approximate surface area is 64.6 Å². The summed E-state index contributed by atoms with van der Waals surface area (Å²) < 4.78 is 4.65. The summed E-state index contributed by atoms with van der Waals surface area (Å²) in [5.74, 6) is 0.280. The van der Waals surface area contributed by atoms with Crippen LogP contribution in [0.1, 0.15) is 31.0 Å². The highest BCUT2D eigenvalue weighted by atomic mass is 16.5. The quantitative estimate of drug-likeness (QED) is 0.655. The molecule has 0 saturated carbocycles. The number of hydrogen-bond donors (Lipinski definition) is 1. The molecule has 0 bridgehead atoms. The highest BCUT2D eigenvalue weighted by molar-refractivity contribution is 5.49. The van der Waals surface area contributed by atoms with E-state index >= 15 is 0 Å². The Hall–Kier alpha value is -1.50. The lowest BCUT2D eigenvalue weighted by Crippen LogP contribution is -1.92. The largest absolute Gasteiger partial charge is 0.366 e. The van der Waals surface area contributed by atoms with E-state index in [1.54, 1.807) is 0 Å². The van der Waals surface area contributed by atoms with Crippen molar-refractivity contribution in [3.8, 4) is 6.07 Å². The Bertz CT molecular complexity index is 295. The summed E-state index contributed by atoms with van der Waals surface area (Å²) in [4.78, 5) is 0. The Morgan fingerprint density at radius 3 is 2.64 bits per heavy atom. The Balaban J connectivity index is 3.19. The van der Waals surface area contributed by atoms with Crippen molar-refractivity contribution in [1.82, 2.24) is 5.16 Å². The van der Waals surface area contributed by atoms with Crippen LogP contribution < -0.4 is 5.73 Å². The van der Waals surface area contributed by atoms with Crippen LogP contribution >= 0.6 is 0 Å². The third kappa shape index (κ3) is 1.17. The van der Waals surface area contributed by atoms with Crippen LogP contribution in [-0.2, 0) is 0 Å². The maximum absolute atomic E-state index is 8.61. The molecule has 4 nitrogen and oxygen atoms in total. The predicted molar refractivity (Wildman–Crippen MR) is 39.7 cm³/mol. The van der Waals surface area contributed by atoms with Gasteiger partial charge in [-0.15, -0.1) is 0 Å². The third-order valence-electron chi connectivity index (χ3n) is 1.40. The molecule has 0 fully saturated rings. The minimum Gasteiger partial charge on any atom is -0.366 e. The van der Waals surface area contributed by atoms with E-state index in [0.29, 0.717) is 11.3 Å². The van der Waals surface area contributed by atoms with Gasteiger partial charge in [-0.05, 0) is 0 Å². The van der Waals surface area contributed by atoms with Crippen molar-refractivity contribution in [1.29, 1.82) is 5.26 Å². The molecule has 0 aromatic carbocycles. The SMILES string of the molecule is CC(C)c1noc(N)c1C#N. The van der Waals surface area contributed by atoms with Gasteiger partial charge in [0.25, 0.3) is 0 Å². The molecule has 0 aliphatic heterocycles. The second-order valence-electron chi connectivity index (χ2n) is 2.57. The van der Waals surface area contributed by atoms with Gasteiger partial charge < -0.3 is 10.3 Å². The molecule has 2 N–H and O–H groups in total. The number of nitrogens with two attached hydrogens (primary N) is 1. The summed E-state index contributed by atoms with van der Waals surface area (Å²) in [6, 6.07) is 1.94. The molecule has 0 atom stereocenters. The van der Waals surface area contributed by atoms with Crippen molar-refractivity contribution >= 4 is 5.88 Å². The van der Waals surface area contributed by atoms with Crippen molar-refractivity contribution < 1.29 is 4.52 Å². The Morgan fingerprint density at radius 1 is 1.64 bits per heavy atom. The van der Waals surface area contributed by atoms with Crippen molar-refractivity contribution in [2.75, 3.05) is 5.73 Å². The van der Waals surface area contributed by atoms with Crippen LogP contribution in [0.5, 0.6) is 0 Å². The lowest BCUT2D eigenvalue weighted by molar-refractivity contribution is 0.424. The van der Waals surface area contributed by atoms with Crippen LogP contribution in [0.2, 0.25) is 0 Å². The molecule has 1 aromatic rings. The van der Waals surface area contributed by atoms with Gasteiger partial charge >= 0.3 is 0 Å². The first-order chi connectivity index (χ1) is 5.16. The number of anilines is 1. The Kier molecular flexibility index (Phi) is 1.81. The molecule has 1 rings (SSSR count). The highest BCUT2D eigenvalue weighted by Crippen LogP contribution is 2.21. The fraction of sp³-hybridized carbons (Fsp3) is 0.429. The average Bonchev–Trinajstić information content (AvgIpc) is 2.30. The molecule has 0 aliphatic carbocycles. The molecule has 0 radical (unpaired) electrons. The van der Waals surface area contributed by atoms with Gasteiger partial charge in [0.1, 0.15) is 17.3 Å². The Morgan fingerprint density at radius 2 is 2.27 bits per heavy atom. The normalized spacial score (nSPS) is 10.0. The molecule has 0 aliphatic rings. The molecule has 0 unspecified atom stereocenters. The molecule has 0 spiro atoms. The average molecular weight is 151 g/mol. The number of nitriles is 1. The van der Waals surface area contributed by atoms with Gasteiger partial charge in [0.05, 0.1) is 0 Å². The van der Waals surface area contributed by atoms with Gasteiger partial charge in [-0.25, -0.2) is 0 Å². The molecule has 0 amide bonds. The molecule has 4 heteroatoms. The van der Waals surface area contributed by atoms with Gasteiger partial charge in [0, 0.05) is 5.92 Å². The summed E-state index contributed by atoms with van der Waals surface area (Å²) >= 11 is 0. The fourth-order valence-electron chi connectivity index (χ4n) is 0.822. The molecule has 11 heavy (non-hydrogen) atoms. The smallest absolute Gasteiger partial charge is 0.240 e. The van der Waals surface area contributed by atoms with E-state index < -0.39 is 0 Å². The van der Waals surface area contributed by atoms with Gasteiger partial charge in [0.2, 0.25) is 5.88 Å². The van der Waals surface area contributed by atoms with E-state index in [4.69, 9.17) is 11.0 Å². The van der Waals surface area contributed by atoms with E-state index in [2.05, 4.69) is 9.68 Å². The lowest BCUT2D eigenvalue weighted by atomic mass is 10.1. The van der Waals surface area contributed by atoms with Crippen molar-refractivity contribution in [3.05, 3.63) is 11.3 Å². The van der Waals surface area contributed by atoms with Crippen molar-refractivity contribution in [2.24, 2.45) is 0 Å². The minimum absolute atomic E-state index is 0.108. The van der Waals surface area contributed by atoms with Crippen LogP contribution in [0, 0.1) is 11.3 Å². The van der Waals surface area contributed by atoms with Gasteiger partial charge in [0.15, 0.2) is 0 Å². The van der Waals surface area contributed by atoms with Crippen LogP contribution in [0.4, 0.5) is 5.88 Å². The summed E-state index contributed by atoms with van der Waals surface area (Å²) in [7, 11) is 0. The zero-order valence-corrected chi connectivity index (χ0v) is 6.46. The highest BCUT2D eigenvalue weighted by Gasteiger charge is 2.15. The van der Waals surface area contributed by atoms with Crippen LogP contribution in [0.3, 0.4) is 0 Å². The number of rotatable bonds is 1. The van der Waals surface area contributed by atoms with Gasteiger partial charge in [-0.2, -0.15) is 5.26 Å². The van der Waals surface area contributed by atoms with Crippen molar-refractivity contribution in [3.63, 3.8) is 0 Å². The molecule has 1 aromatic heterocycles. The van der Waals surface area contributed by atoms with E-state index in [1.807, 2.05) is 19.9 Å². The summed E-state index contributed by atoms with van der Waals surface area (Å²) in [6.45, 7) is 3.86. The second kappa shape index (κ2) is 2.62. The van der Waals surface area contributed by atoms with Crippen LogP contribution in [0.15, 0.2) is 4.52 Å².